The molecular weight excluding hydrogens is 1270 g/mol. The maximum atomic E-state index is 13.3. The molecule has 6 amide bonds. The van der Waals surface area contributed by atoms with Crippen molar-refractivity contribution in [1.82, 2.24) is 66.2 Å². The first-order valence-electron chi connectivity index (χ1n) is 32.1. The molecule has 0 aromatic rings. The van der Waals surface area contributed by atoms with E-state index in [1.54, 1.807) is 21.7 Å². The molecule has 0 aliphatic carbocycles. The standard InChI is InChI=1S/C61H109N13O22/c1-68(28-10-52(79)66-46-73(30-12-48(75)62-24-42-69(34-16-54(81)89-2)35-17-55(82)90-3)31-13-49(76)63-25-43-70(36-18-56(83)91-4)37-19-57(84)92-5)29-11-53(80)67-47-74(32-14-50(77)64-26-44-71(38-20-58(85)93-6)39-21-59(86)94-7)33-15-51(78)65-27-45-72(40-22-60(87)95-8)41-23-61(88)96-9/h10-47H2,1-9H3,(H,62,75)(H,63,76)(H,64,77)(H,65,78)(H,66,79)(H,67,80). The van der Waals surface area contributed by atoms with Gasteiger partial charge in [-0.1, -0.05) is 0 Å². The fourth-order valence-corrected chi connectivity index (χ4v) is 8.77. The molecule has 0 saturated heterocycles. The van der Waals surface area contributed by atoms with Crippen molar-refractivity contribution < 1.29 is 105 Å². The molecule has 6 N–H and O–H groups in total. The van der Waals surface area contributed by atoms with Crippen LogP contribution in [0, 0.1) is 0 Å². The van der Waals surface area contributed by atoms with E-state index in [1.165, 1.54) is 56.9 Å². The summed E-state index contributed by atoms with van der Waals surface area (Å²) in [5.41, 5.74) is 0. The summed E-state index contributed by atoms with van der Waals surface area (Å²) in [6, 6.07) is 0. The fourth-order valence-electron chi connectivity index (χ4n) is 8.77. The number of hydrogen-bond acceptors (Lipinski definition) is 29. The third kappa shape index (κ3) is 49.8. The molecule has 0 spiro atoms. The monoisotopic (exact) mass is 1380 g/mol. The van der Waals surface area contributed by atoms with Gasteiger partial charge >= 0.3 is 47.8 Å². The third-order valence-corrected chi connectivity index (χ3v) is 14.9. The molecule has 35 nitrogen and oxygen atoms in total. The van der Waals surface area contributed by atoms with E-state index in [9.17, 15) is 67.1 Å². The van der Waals surface area contributed by atoms with Gasteiger partial charge in [0.05, 0.1) is 122 Å². The SMILES string of the molecule is COC(=O)CCN(CCNC(=O)CCN(CCC(=O)NCCN(CCC(=O)OC)CCC(=O)OC)CNC(=O)CCN(C)CCC(=O)NCN(CCC(=O)NCCN(CCC(=O)OC)CCC(=O)OC)CCC(=O)NCCN(CCC(=O)OC)CCC(=O)OC)CCC(=O)OC. The Kier molecular flexibility index (Phi) is 51.9. The van der Waals surface area contributed by atoms with E-state index in [2.05, 4.69) is 31.9 Å². The Hall–Kier alpha value is -7.70. The highest BCUT2D eigenvalue weighted by Crippen LogP contribution is 2.04. The average Bonchev–Trinajstić information content (AvgIpc) is 1.86. The lowest BCUT2D eigenvalue weighted by atomic mass is 10.3. The molecular formula is C61H109N13O22. The number of carbonyl (C=O) groups is 14. The first-order chi connectivity index (χ1) is 45.9. The van der Waals surface area contributed by atoms with Gasteiger partial charge in [0.2, 0.25) is 35.4 Å². The van der Waals surface area contributed by atoms with E-state index >= 15 is 0 Å². The van der Waals surface area contributed by atoms with Crippen molar-refractivity contribution in [2.45, 2.75) is 89.9 Å². The molecule has 0 atom stereocenters. The van der Waals surface area contributed by atoms with Gasteiger partial charge in [0.15, 0.2) is 0 Å². The van der Waals surface area contributed by atoms with Crippen LogP contribution >= 0.6 is 0 Å². The van der Waals surface area contributed by atoms with Crippen LogP contribution in [0.4, 0.5) is 0 Å². The lowest BCUT2D eigenvalue weighted by molar-refractivity contribution is -0.142. The second kappa shape index (κ2) is 56.5. The molecule has 0 rings (SSSR count). The minimum absolute atomic E-state index is 0.0181. The van der Waals surface area contributed by atoms with E-state index in [0.717, 1.165) is 0 Å². The predicted molar refractivity (Wildman–Crippen MR) is 345 cm³/mol. The molecule has 0 aromatic heterocycles. The molecule has 0 saturated carbocycles. The Balaban J connectivity index is 5.88. The molecule has 35 heteroatoms. The minimum atomic E-state index is -0.434. The lowest BCUT2D eigenvalue weighted by Gasteiger charge is -2.24. The van der Waals surface area contributed by atoms with Crippen LogP contribution in [-0.4, -0.2) is 339 Å². The zero-order valence-corrected chi connectivity index (χ0v) is 58.0. The summed E-state index contributed by atoms with van der Waals surface area (Å²) < 4.78 is 37.9. The molecule has 0 radical (unpaired) electrons. The number of hydrogen-bond donors (Lipinski definition) is 6. The number of carbonyl (C=O) groups excluding carboxylic acids is 14. The van der Waals surface area contributed by atoms with Crippen LogP contribution in [0.2, 0.25) is 0 Å². The maximum Gasteiger partial charge on any atom is 0.306 e. The van der Waals surface area contributed by atoms with E-state index in [-0.39, 0.29) is 256 Å². The molecule has 0 aliphatic heterocycles. The Labute approximate surface area is 563 Å². The summed E-state index contributed by atoms with van der Waals surface area (Å²) in [5, 5.41) is 17.0. The van der Waals surface area contributed by atoms with E-state index in [1.807, 2.05) is 19.6 Å². The smallest absolute Gasteiger partial charge is 0.306 e. The van der Waals surface area contributed by atoms with Crippen LogP contribution in [0.5, 0.6) is 0 Å². The summed E-state index contributed by atoms with van der Waals surface area (Å²) in [7, 11) is 11.9. The predicted octanol–water partition coefficient (Wildman–Crippen LogP) is -3.81. The number of ether oxygens (including phenoxy) is 8. The van der Waals surface area contributed by atoms with Gasteiger partial charge in [0, 0.05) is 183 Å². The van der Waals surface area contributed by atoms with Gasteiger partial charge in [0.25, 0.3) is 0 Å². The third-order valence-electron chi connectivity index (χ3n) is 14.9. The zero-order chi connectivity index (χ0) is 71.9. The van der Waals surface area contributed by atoms with E-state index < -0.39 is 47.8 Å². The lowest BCUT2D eigenvalue weighted by Crippen LogP contribution is -2.43. The fraction of sp³-hybridized carbons (Fsp3) is 0.770. The number of methoxy groups -OCH3 is 8. The van der Waals surface area contributed by atoms with Crippen LogP contribution in [-0.2, 0) is 105 Å². The number of nitrogens with zero attached hydrogens (tertiary/aromatic N) is 7. The van der Waals surface area contributed by atoms with Crippen molar-refractivity contribution in [2.24, 2.45) is 0 Å². The topological polar surface area (TPSA) is 408 Å². The van der Waals surface area contributed by atoms with Crippen molar-refractivity contribution in [3.05, 3.63) is 0 Å². The highest BCUT2D eigenvalue weighted by atomic mass is 16.5. The van der Waals surface area contributed by atoms with Gasteiger partial charge in [-0.05, 0) is 7.05 Å². The van der Waals surface area contributed by atoms with Crippen molar-refractivity contribution in [3.63, 3.8) is 0 Å². The second-order valence-electron chi connectivity index (χ2n) is 21.9. The molecule has 550 valence electrons. The molecule has 0 aliphatic rings. The van der Waals surface area contributed by atoms with Gasteiger partial charge in [-0.3, -0.25) is 76.9 Å². The van der Waals surface area contributed by atoms with E-state index in [0.29, 0.717) is 26.2 Å². The van der Waals surface area contributed by atoms with Crippen LogP contribution in [0.15, 0.2) is 0 Å². The molecule has 0 unspecified atom stereocenters. The van der Waals surface area contributed by atoms with Gasteiger partial charge < -0.3 is 94.3 Å². The number of amides is 6. The molecule has 0 bridgehead atoms. The van der Waals surface area contributed by atoms with Crippen LogP contribution in [0.3, 0.4) is 0 Å². The molecule has 96 heavy (non-hydrogen) atoms. The summed E-state index contributed by atoms with van der Waals surface area (Å²) in [6.07, 6.45) is 0.527. The van der Waals surface area contributed by atoms with Crippen LogP contribution in [0.1, 0.15) is 89.9 Å². The average molecular weight is 1380 g/mol. The van der Waals surface area contributed by atoms with Gasteiger partial charge in [-0.25, -0.2) is 0 Å². The highest BCUT2D eigenvalue weighted by molar-refractivity contribution is 5.79. The first-order valence-corrected chi connectivity index (χ1v) is 32.1. The Bertz CT molecular complexity index is 1990. The Morgan fingerprint density at radius 2 is 0.365 bits per heavy atom. The van der Waals surface area contributed by atoms with Gasteiger partial charge in [-0.15, -0.1) is 0 Å². The van der Waals surface area contributed by atoms with Crippen molar-refractivity contribution in [1.29, 1.82) is 0 Å². The summed E-state index contributed by atoms with van der Waals surface area (Å²) in [4.78, 5) is 186. The molecule has 0 fully saturated rings. The van der Waals surface area contributed by atoms with Crippen molar-refractivity contribution >= 4 is 83.2 Å². The summed E-state index contributed by atoms with van der Waals surface area (Å²) >= 11 is 0. The minimum Gasteiger partial charge on any atom is -0.469 e. The maximum absolute atomic E-state index is 13.3. The number of rotatable bonds is 58. The van der Waals surface area contributed by atoms with E-state index in [4.69, 9.17) is 37.9 Å². The summed E-state index contributed by atoms with van der Waals surface area (Å²) in [5.74, 6) is -5.50. The van der Waals surface area contributed by atoms with Crippen molar-refractivity contribution in [3.8, 4) is 0 Å². The van der Waals surface area contributed by atoms with Gasteiger partial charge in [0.1, 0.15) is 0 Å². The zero-order valence-electron chi connectivity index (χ0n) is 58.0. The normalized spacial score (nSPS) is 11.1. The molecule has 0 heterocycles. The quantitative estimate of drug-likeness (QED) is 0.0193. The van der Waals surface area contributed by atoms with Crippen molar-refractivity contribution in [2.75, 3.05) is 221 Å². The first kappa shape index (κ1) is 88.3. The number of nitrogens with one attached hydrogen (secondary N) is 6. The van der Waals surface area contributed by atoms with Gasteiger partial charge in [-0.2, -0.15) is 0 Å². The van der Waals surface area contributed by atoms with Crippen LogP contribution in [0.25, 0.3) is 0 Å². The largest absolute Gasteiger partial charge is 0.469 e. The molecule has 0 aromatic carbocycles. The summed E-state index contributed by atoms with van der Waals surface area (Å²) in [6.45, 7) is 5.19. The Morgan fingerprint density at radius 1 is 0.208 bits per heavy atom. The highest BCUT2D eigenvalue weighted by Gasteiger charge is 2.20. The second-order valence-corrected chi connectivity index (χ2v) is 21.9. The Morgan fingerprint density at radius 3 is 0.542 bits per heavy atom. The number of esters is 8. The van der Waals surface area contributed by atoms with Crippen LogP contribution < -0.4 is 31.9 Å².